The summed E-state index contributed by atoms with van der Waals surface area (Å²) in [7, 11) is 1.51. The second kappa shape index (κ2) is 12.6. The van der Waals surface area contributed by atoms with Gasteiger partial charge in [-0.1, -0.05) is 66.2 Å². The van der Waals surface area contributed by atoms with Gasteiger partial charge in [0.2, 0.25) is 0 Å². The van der Waals surface area contributed by atoms with Crippen LogP contribution in [0.5, 0.6) is 17.2 Å². The third-order valence-corrected chi connectivity index (χ3v) is 5.77. The summed E-state index contributed by atoms with van der Waals surface area (Å²) in [4.78, 5) is 12.9. The first-order valence-corrected chi connectivity index (χ1v) is 11.8. The molecule has 4 aromatic rings. The van der Waals surface area contributed by atoms with Gasteiger partial charge in [-0.15, -0.1) is 0 Å². The van der Waals surface area contributed by atoms with Crippen molar-refractivity contribution >= 4 is 23.7 Å². The zero-order valence-corrected chi connectivity index (χ0v) is 20.7. The van der Waals surface area contributed by atoms with Gasteiger partial charge in [-0.05, 0) is 36.4 Å². The summed E-state index contributed by atoms with van der Waals surface area (Å²) in [6.07, 6.45) is 1.43. The second-order valence-corrected chi connectivity index (χ2v) is 8.24. The Kier molecular flexibility index (Phi) is 8.73. The second-order valence-electron chi connectivity index (χ2n) is 7.83. The Morgan fingerprint density at radius 2 is 1.54 bits per heavy atom. The van der Waals surface area contributed by atoms with Crippen LogP contribution in [-0.2, 0) is 13.2 Å². The normalized spacial score (nSPS) is 10.8. The number of para-hydroxylation sites is 2. The van der Waals surface area contributed by atoms with E-state index in [1.165, 1.54) is 19.4 Å². The van der Waals surface area contributed by atoms with Gasteiger partial charge in [0.15, 0.2) is 11.5 Å². The molecule has 0 aromatic heterocycles. The minimum atomic E-state index is -0.456. The van der Waals surface area contributed by atoms with E-state index in [0.29, 0.717) is 39.0 Å². The number of carbonyl (C=O) groups is 1. The molecule has 0 atom stereocenters. The molecule has 0 fully saturated rings. The lowest BCUT2D eigenvalue weighted by molar-refractivity contribution is 0.0950. The molecule has 0 saturated carbocycles. The van der Waals surface area contributed by atoms with Gasteiger partial charge in [-0.2, -0.15) is 5.10 Å². The lowest BCUT2D eigenvalue weighted by Crippen LogP contribution is -2.18. The molecular weight excluding hydrogens is 495 g/mol. The van der Waals surface area contributed by atoms with Crippen LogP contribution in [0.15, 0.2) is 96.1 Å². The molecule has 4 aromatic carbocycles. The number of hydrazone groups is 1. The molecule has 0 bridgehead atoms. The highest BCUT2D eigenvalue weighted by Gasteiger charge is 2.14. The number of nitrogens with one attached hydrogen (secondary N) is 1. The number of ether oxygens (including phenoxy) is 3. The monoisotopic (exact) mass is 518 g/mol. The van der Waals surface area contributed by atoms with Crippen molar-refractivity contribution in [3.63, 3.8) is 0 Å². The van der Waals surface area contributed by atoms with Gasteiger partial charge in [-0.25, -0.2) is 9.82 Å². The van der Waals surface area contributed by atoms with Crippen molar-refractivity contribution in [2.24, 2.45) is 5.10 Å². The Morgan fingerprint density at radius 3 is 2.32 bits per heavy atom. The largest absolute Gasteiger partial charge is 0.493 e. The number of hydrogen-bond donors (Lipinski definition) is 1. The number of hydrogen-bond acceptors (Lipinski definition) is 5. The molecule has 0 aliphatic rings. The smallest absolute Gasteiger partial charge is 0.275 e. The molecule has 0 aliphatic carbocycles. The van der Waals surface area contributed by atoms with Gasteiger partial charge >= 0.3 is 0 Å². The number of halogens is 2. The van der Waals surface area contributed by atoms with Crippen molar-refractivity contribution in [1.82, 2.24) is 5.43 Å². The van der Waals surface area contributed by atoms with Crippen molar-refractivity contribution in [2.75, 3.05) is 7.11 Å². The first-order valence-electron chi connectivity index (χ1n) is 11.4. The SMILES string of the molecule is COc1cccc(/C=N/NC(=O)c2ccccc2OCc2ccccc2Cl)c1OCc1ccccc1F. The Hall–Kier alpha value is -4.36. The molecule has 188 valence electrons. The summed E-state index contributed by atoms with van der Waals surface area (Å²) in [5.41, 5.74) is 4.57. The first-order chi connectivity index (χ1) is 18.1. The fourth-order valence-electron chi connectivity index (χ4n) is 3.49. The predicted molar refractivity (Wildman–Crippen MR) is 141 cm³/mol. The third-order valence-electron chi connectivity index (χ3n) is 5.40. The van der Waals surface area contributed by atoms with Crippen LogP contribution in [-0.4, -0.2) is 19.2 Å². The summed E-state index contributed by atoms with van der Waals surface area (Å²) in [5, 5.41) is 4.67. The van der Waals surface area contributed by atoms with Crippen molar-refractivity contribution in [3.05, 3.63) is 124 Å². The highest BCUT2D eigenvalue weighted by Crippen LogP contribution is 2.31. The van der Waals surface area contributed by atoms with Gasteiger partial charge in [0.05, 0.1) is 18.9 Å². The van der Waals surface area contributed by atoms with E-state index in [1.807, 2.05) is 18.2 Å². The van der Waals surface area contributed by atoms with Crippen molar-refractivity contribution in [3.8, 4) is 17.2 Å². The van der Waals surface area contributed by atoms with E-state index in [9.17, 15) is 9.18 Å². The number of nitrogens with zero attached hydrogens (tertiary/aromatic N) is 1. The topological polar surface area (TPSA) is 69.2 Å². The lowest BCUT2D eigenvalue weighted by Gasteiger charge is -2.13. The number of benzene rings is 4. The Balaban J connectivity index is 1.46. The van der Waals surface area contributed by atoms with Crippen LogP contribution in [0.2, 0.25) is 5.02 Å². The minimum Gasteiger partial charge on any atom is -0.493 e. The standard InChI is InChI=1S/C29H24ClFN2O4/c1-35-27-16-8-11-20(28(27)37-19-22-10-3-6-14-25(22)31)17-32-33-29(34)23-12-4-7-15-26(23)36-18-21-9-2-5-13-24(21)30/h2-17H,18-19H2,1H3,(H,33,34)/b32-17+. The van der Waals surface area contributed by atoms with E-state index in [0.717, 1.165) is 5.56 Å². The highest BCUT2D eigenvalue weighted by molar-refractivity contribution is 6.31. The number of methoxy groups -OCH3 is 1. The molecule has 8 heteroatoms. The van der Waals surface area contributed by atoms with Gasteiger partial charge < -0.3 is 14.2 Å². The molecule has 37 heavy (non-hydrogen) atoms. The van der Waals surface area contributed by atoms with Crippen molar-refractivity contribution < 1.29 is 23.4 Å². The summed E-state index contributed by atoms with van der Waals surface area (Å²) in [5.74, 6) is 0.392. The number of amides is 1. The van der Waals surface area contributed by atoms with Gasteiger partial charge in [-0.3, -0.25) is 4.79 Å². The fraction of sp³-hybridized carbons (Fsp3) is 0.103. The van der Waals surface area contributed by atoms with Crippen molar-refractivity contribution in [2.45, 2.75) is 13.2 Å². The van der Waals surface area contributed by atoms with Crippen LogP contribution >= 0.6 is 11.6 Å². The number of carbonyl (C=O) groups excluding carboxylic acids is 1. The van der Waals surface area contributed by atoms with Crippen LogP contribution < -0.4 is 19.6 Å². The molecule has 0 heterocycles. The van der Waals surface area contributed by atoms with E-state index in [2.05, 4.69) is 10.5 Å². The maximum Gasteiger partial charge on any atom is 0.275 e. The van der Waals surface area contributed by atoms with Gasteiger partial charge in [0.25, 0.3) is 5.91 Å². The quantitative estimate of drug-likeness (QED) is 0.194. The molecule has 0 aliphatic heterocycles. The summed E-state index contributed by atoms with van der Waals surface area (Å²) < 4.78 is 31.2. The maximum absolute atomic E-state index is 14.0. The molecule has 4 rings (SSSR count). The third kappa shape index (κ3) is 6.65. The van der Waals surface area contributed by atoms with Gasteiger partial charge in [0, 0.05) is 21.7 Å². The van der Waals surface area contributed by atoms with E-state index in [1.54, 1.807) is 66.7 Å². The molecule has 1 amide bonds. The first kappa shape index (κ1) is 25.7. The summed E-state index contributed by atoms with van der Waals surface area (Å²) in [6, 6.07) is 25.8. The fourth-order valence-corrected chi connectivity index (χ4v) is 3.68. The van der Waals surface area contributed by atoms with E-state index < -0.39 is 5.91 Å². The molecule has 1 N–H and O–H groups in total. The average molecular weight is 519 g/mol. The van der Waals surface area contributed by atoms with Gasteiger partial charge in [0.1, 0.15) is 24.8 Å². The molecule has 0 radical (unpaired) electrons. The lowest BCUT2D eigenvalue weighted by atomic mass is 10.2. The molecular formula is C29H24ClFN2O4. The zero-order valence-electron chi connectivity index (χ0n) is 20.0. The Morgan fingerprint density at radius 1 is 0.865 bits per heavy atom. The Labute approximate surface area is 219 Å². The minimum absolute atomic E-state index is 0.00358. The molecule has 0 spiro atoms. The van der Waals surface area contributed by atoms with Crippen LogP contribution in [0.1, 0.15) is 27.0 Å². The number of rotatable bonds is 10. The average Bonchev–Trinajstić information content (AvgIpc) is 2.92. The van der Waals surface area contributed by atoms with Crippen LogP contribution in [0.25, 0.3) is 0 Å². The van der Waals surface area contributed by atoms with Crippen molar-refractivity contribution in [1.29, 1.82) is 0 Å². The Bertz CT molecular complexity index is 1410. The van der Waals surface area contributed by atoms with Crippen LogP contribution in [0.3, 0.4) is 0 Å². The molecule has 6 nitrogen and oxygen atoms in total. The molecule has 0 saturated heterocycles. The van der Waals surface area contributed by atoms with E-state index in [4.69, 9.17) is 25.8 Å². The van der Waals surface area contributed by atoms with Crippen LogP contribution in [0, 0.1) is 5.82 Å². The van der Waals surface area contributed by atoms with Crippen LogP contribution in [0.4, 0.5) is 4.39 Å². The van der Waals surface area contributed by atoms with E-state index >= 15 is 0 Å². The molecule has 0 unspecified atom stereocenters. The summed E-state index contributed by atoms with van der Waals surface area (Å²) in [6.45, 7) is 0.205. The predicted octanol–water partition coefficient (Wildman–Crippen LogP) is 6.41. The highest BCUT2D eigenvalue weighted by atomic mass is 35.5. The summed E-state index contributed by atoms with van der Waals surface area (Å²) >= 11 is 6.20. The zero-order chi connectivity index (χ0) is 26.0. The maximum atomic E-state index is 14.0. The van der Waals surface area contributed by atoms with E-state index in [-0.39, 0.29) is 19.0 Å².